The SMILES string of the molecule is COc1ccccc1CCNC(=O)c1ccc(Br)o1. The summed E-state index contributed by atoms with van der Waals surface area (Å²) in [7, 11) is 1.64. The summed E-state index contributed by atoms with van der Waals surface area (Å²) in [5, 5.41) is 2.80. The van der Waals surface area contributed by atoms with Crippen molar-refractivity contribution in [1.29, 1.82) is 0 Å². The number of carbonyl (C=O) groups is 1. The van der Waals surface area contributed by atoms with Crippen molar-refractivity contribution >= 4 is 21.8 Å². The number of hydrogen-bond acceptors (Lipinski definition) is 3. The largest absolute Gasteiger partial charge is 0.496 e. The fourth-order valence-corrected chi connectivity index (χ4v) is 2.05. The Morgan fingerprint density at radius 3 is 2.79 bits per heavy atom. The third-order valence-electron chi connectivity index (χ3n) is 2.67. The number of furan rings is 1. The van der Waals surface area contributed by atoms with Crippen molar-refractivity contribution in [2.75, 3.05) is 13.7 Å². The van der Waals surface area contributed by atoms with Gasteiger partial charge in [0.15, 0.2) is 10.4 Å². The molecule has 0 atom stereocenters. The van der Waals surface area contributed by atoms with Crippen LogP contribution in [0.4, 0.5) is 0 Å². The van der Waals surface area contributed by atoms with Crippen LogP contribution in [0.1, 0.15) is 16.1 Å². The van der Waals surface area contributed by atoms with E-state index in [2.05, 4.69) is 21.2 Å². The van der Waals surface area contributed by atoms with Crippen molar-refractivity contribution in [3.63, 3.8) is 0 Å². The molecule has 1 heterocycles. The Morgan fingerprint density at radius 1 is 1.32 bits per heavy atom. The zero-order chi connectivity index (χ0) is 13.7. The standard InChI is InChI=1S/C14H14BrNO3/c1-18-11-5-3-2-4-10(11)8-9-16-14(17)12-6-7-13(15)19-12/h2-7H,8-9H2,1H3,(H,16,17). The number of methoxy groups -OCH3 is 1. The maximum atomic E-state index is 11.7. The molecule has 100 valence electrons. The Hall–Kier alpha value is -1.75. The van der Waals surface area contributed by atoms with Crippen molar-refractivity contribution in [3.8, 4) is 5.75 Å². The van der Waals surface area contributed by atoms with Crippen molar-refractivity contribution in [2.24, 2.45) is 0 Å². The molecular formula is C14H14BrNO3. The highest BCUT2D eigenvalue weighted by molar-refractivity contribution is 9.10. The summed E-state index contributed by atoms with van der Waals surface area (Å²) in [6.45, 7) is 0.525. The molecule has 1 N–H and O–H groups in total. The highest BCUT2D eigenvalue weighted by Gasteiger charge is 2.10. The van der Waals surface area contributed by atoms with Crippen LogP contribution in [0.15, 0.2) is 45.5 Å². The first-order valence-corrected chi connectivity index (χ1v) is 6.65. The lowest BCUT2D eigenvalue weighted by molar-refractivity contribution is 0.0925. The first-order chi connectivity index (χ1) is 9.20. The minimum absolute atomic E-state index is 0.222. The summed E-state index contributed by atoms with van der Waals surface area (Å²) < 4.78 is 11.0. The van der Waals surface area contributed by atoms with Gasteiger partial charge in [0.05, 0.1) is 7.11 Å². The van der Waals surface area contributed by atoms with Gasteiger partial charge in [-0.05, 0) is 46.1 Å². The summed E-state index contributed by atoms with van der Waals surface area (Å²) in [6.07, 6.45) is 0.706. The predicted octanol–water partition coefficient (Wildman–Crippen LogP) is 3.02. The topological polar surface area (TPSA) is 51.5 Å². The lowest BCUT2D eigenvalue weighted by atomic mass is 10.1. The molecule has 0 fully saturated rings. The van der Waals surface area contributed by atoms with Crippen molar-refractivity contribution in [2.45, 2.75) is 6.42 Å². The molecule has 2 aromatic rings. The third kappa shape index (κ3) is 3.61. The molecule has 0 radical (unpaired) electrons. The monoisotopic (exact) mass is 323 g/mol. The Balaban J connectivity index is 1.88. The molecular weight excluding hydrogens is 310 g/mol. The summed E-state index contributed by atoms with van der Waals surface area (Å²) in [5.74, 6) is 0.907. The predicted molar refractivity (Wildman–Crippen MR) is 75.4 cm³/mol. The number of halogens is 1. The molecule has 0 bridgehead atoms. The highest BCUT2D eigenvalue weighted by atomic mass is 79.9. The molecule has 1 aromatic heterocycles. The van der Waals surface area contributed by atoms with Gasteiger partial charge in [0, 0.05) is 6.54 Å². The molecule has 0 aliphatic rings. The molecule has 0 aliphatic heterocycles. The van der Waals surface area contributed by atoms with E-state index in [1.807, 2.05) is 24.3 Å². The second-order valence-corrected chi connectivity index (χ2v) is 4.70. The van der Waals surface area contributed by atoms with Crippen LogP contribution in [0.5, 0.6) is 5.75 Å². The summed E-state index contributed by atoms with van der Waals surface area (Å²) in [5.41, 5.74) is 1.06. The number of carbonyl (C=O) groups excluding carboxylic acids is 1. The zero-order valence-electron chi connectivity index (χ0n) is 10.5. The van der Waals surface area contributed by atoms with Crippen LogP contribution in [0.25, 0.3) is 0 Å². The summed E-state index contributed by atoms with van der Waals surface area (Å²) in [4.78, 5) is 11.7. The van der Waals surface area contributed by atoms with E-state index >= 15 is 0 Å². The van der Waals surface area contributed by atoms with Crippen LogP contribution in [-0.2, 0) is 6.42 Å². The minimum atomic E-state index is -0.222. The lowest BCUT2D eigenvalue weighted by Crippen LogP contribution is -2.25. The summed E-state index contributed by atoms with van der Waals surface area (Å²) in [6, 6.07) is 11.1. The van der Waals surface area contributed by atoms with Crippen molar-refractivity contribution < 1.29 is 13.9 Å². The van der Waals surface area contributed by atoms with Gasteiger partial charge in [-0.1, -0.05) is 18.2 Å². The van der Waals surface area contributed by atoms with Gasteiger partial charge in [0.25, 0.3) is 5.91 Å². The maximum absolute atomic E-state index is 11.7. The van der Waals surface area contributed by atoms with E-state index in [0.29, 0.717) is 23.4 Å². The second-order valence-electron chi connectivity index (χ2n) is 3.92. The smallest absolute Gasteiger partial charge is 0.287 e. The Labute approximate surface area is 119 Å². The molecule has 2 rings (SSSR count). The molecule has 0 unspecified atom stereocenters. The van der Waals surface area contributed by atoms with Gasteiger partial charge in [0.1, 0.15) is 5.75 Å². The van der Waals surface area contributed by atoms with E-state index in [0.717, 1.165) is 11.3 Å². The molecule has 4 nitrogen and oxygen atoms in total. The van der Waals surface area contributed by atoms with E-state index < -0.39 is 0 Å². The number of rotatable bonds is 5. The molecule has 0 saturated heterocycles. The number of hydrogen-bond donors (Lipinski definition) is 1. The van der Waals surface area contributed by atoms with Gasteiger partial charge >= 0.3 is 0 Å². The van der Waals surface area contributed by atoms with Crippen LogP contribution < -0.4 is 10.1 Å². The van der Waals surface area contributed by atoms with Gasteiger partial charge in [-0.25, -0.2) is 0 Å². The van der Waals surface area contributed by atoms with Crippen molar-refractivity contribution in [3.05, 3.63) is 52.4 Å². The Morgan fingerprint density at radius 2 is 2.11 bits per heavy atom. The van der Waals surface area contributed by atoms with E-state index in [4.69, 9.17) is 9.15 Å². The normalized spacial score (nSPS) is 10.2. The number of amides is 1. The van der Waals surface area contributed by atoms with E-state index in [1.165, 1.54) is 0 Å². The lowest BCUT2D eigenvalue weighted by Gasteiger charge is -2.08. The average molecular weight is 324 g/mol. The fourth-order valence-electron chi connectivity index (χ4n) is 1.74. The minimum Gasteiger partial charge on any atom is -0.496 e. The Bertz CT molecular complexity index is 565. The van der Waals surface area contributed by atoms with Crippen LogP contribution in [0.3, 0.4) is 0 Å². The van der Waals surface area contributed by atoms with Gasteiger partial charge in [-0.15, -0.1) is 0 Å². The first kappa shape index (κ1) is 13.7. The van der Waals surface area contributed by atoms with Crippen LogP contribution in [0, 0.1) is 0 Å². The van der Waals surface area contributed by atoms with E-state index in [1.54, 1.807) is 19.2 Å². The zero-order valence-corrected chi connectivity index (χ0v) is 12.1. The fraction of sp³-hybridized carbons (Fsp3) is 0.214. The van der Waals surface area contributed by atoms with Crippen LogP contribution in [0.2, 0.25) is 0 Å². The molecule has 0 spiro atoms. The molecule has 19 heavy (non-hydrogen) atoms. The van der Waals surface area contributed by atoms with Gasteiger partial charge in [0.2, 0.25) is 0 Å². The number of nitrogens with one attached hydrogen (secondary N) is 1. The summed E-state index contributed by atoms with van der Waals surface area (Å²) >= 11 is 3.16. The quantitative estimate of drug-likeness (QED) is 0.920. The van der Waals surface area contributed by atoms with Gasteiger partial charge in [-0.3, -0.25) is 4.79 Å². The Kier molecular flexibility index (Phi) is 4.63. The number of para-hydroxylation sites is 1. The highest BCUT2D eigenvalue weighted by Crippen LogP contribution is 2.17. The third-order valence-corrected chi connectivity index (χ3v) is 3.10. The van der Waals surface area contributed by atoms with Crippen LogP contribution >= 0.6 is 15.9 Å². The van der Waals surface area contributed by atoms with Crippen LogP contribution in [-0.4, -0.2) is 19.6 Å². The van der Waals surface area contributed by atoms with Gasteiger partial charge < -0.3 is 14.5 Å². The van der Waals surface area contributed by atoms with Crippen molar-refractivity contribution in [1.82, 2.24) is 5.32 Å². The van der Waals surface area contributed by atoms with E-state index in [9.17, 15) is 4.79 Å². The molecule has 1 amide bonds. The molecule has 0 aliphatic carbocycles. The molecule has 5 heteroatoms. The van der Waals surface area contributed by atoms with E-state index in [-0.39, 0.29) is 5.91 Å². The maximum Gasteiger partial charge on any atom is 0.287 e. The second kappa shape index (κ2) is 6.43. The van der Waals surface area contributed by atoms with Gasteiger partial charge in [-0.2, -0.15) is 0 Å². The average Bonchev–Trinajstić information content (AvgIpc) is 2.86. The molecule has 1 aromatic carbocycles. The first-order valence-electron chi connectivity index (χ1n) is 5.86. The number of ether oxygens (including phenoxy) is 1. The molecule has 0 saturated carbocycles. The number of benzene rings is 1.